The molecular weight excluding hydrogens is 209 g/mol. The Hall–Kier alpha value is -1.58. The van der Waals surface area contributed by atoms with Crippen molar-refractivity contribution in [2.45, 2.75) is 31.4 Å². The van der Waals surface area contributed by atoms with Crippen molar-refractivity contribution in [2.24, 2.45) is 0 Å². The molecule has 0 radical (unpaired) electrons. The molecule has 1 saturated heterocycles. The normalized spacial score (nSPS) is 27.4. The van der Waals surface area contributed by atoms with Crippen molar-refractivity contribution in [3.05, 3.63) is 35.1 Å². The minimum atomic E-state index is -0.396. The Bertz CT molecular complexity index is 447. The number of amides is 1. The number of ether oxygens (including phenoxy) is 1. The minimum absolute atomic E-state index is 0.00412. The van der Waals surface area contributed by atoms with Gasteiger partial charge in [-0.2, -0.15) is 0 Å². The molecule has 1 N–H and O–H groups in total. The quantitative estimate of drug-likeness (QED) is 0.730. The highest BCUT2D eigenvalue weighted by atomic mass is 19.1. The summed E-state index contributed by atoms with van der Waals surface area (Å²) >= 11 is 0. The minimum Gasteiger partial charge on any atom is -0.439 e. The maximum absolute atomic E-state index is 13.2. The fourth-order valence-corrected chi connectivity index (χ4v) is 2.53. The summed E-state index contributed by atoms with van der Waals surface area (Å²) in [6.07, 6.45) is 2.07. The van der Waals surface area contributed by atoms with Crippen LogP contribution >= 0.6 is 0 Å². The maximum Gasteiger partial charge on any atom is 0.408 e. The first-order valence-electron chi connectivity index (χ1n) is 5.49. The highest BCUT2D eigenvalue weighted by molar-refractivity contribution is 5.70. The van der Waals surface area contributed by atoms with Gasteiger partial charge in [0.1, 0.15) is 11.9 Å². The van der Waals surface area contributed by atoms with Gasteiger partial charge in [0.15, 0.2) is 0 Å². The number of benzene rings is 1. The molecule has 1 amide bonds. The van der Waals surface area contributed by atoms with Gasteiger partial charge in [-0.05, 0) is 37.0 Å². The molecule has 0 spiro atoms. The molecule has 4 heteroatoms. The summed E-state index contributed by atoms with van der Waals surface area (Å²) in [5, 5.41) is 2.77. The Kier molecular flexibility index (Phi) is 2.09. The van der Waals surface area contributed by atoms with E-state index in [0.717, 1.165) is 30.4 Å². The number of hydrogen-bond donors (Lipinski definition) is 1. The molecule has 16 heavy (non-hydrogen) atoms. The van der Waals surface area contributed by atoms with E-state index in [1.807, 2.05) is 0 Å². The summed E-state index contributed by atoms with van der Waals surface area (Å²) in [5.74, 6) is -0.276. The molecular formula is C12H12FNO2. The zero-order valence-corrected chi connectivity index (χ0v) is 8.70. The summed E-state index contributed by atoms with van der Waals surface area (Å²) in [6.45, 7) is 0. The molecule has 1 aromatic carbocycles. The van der Waals surface area contributed by atoms with E-state index in [1.54, 1.807) is 6.07 Å². The average molecular weight is 221 g/mol. The lowest BCUT2D eigenvalue weighted by atomic mass is 9.99. The number of nitrogens with one attached hydrogen (secondary N) is 1. The number of carbonyl (C=O) groups is 1. The Morgan fingerprint density at radius 1 is 1.44 bits per heavy atom. The van der Waals surface area contributed by atoms with E-state index in [-0.39, 0.29) is 18.0 Å². The number of fused-ring (bicyclic) bond motifs is 3. The van der Waals surface area contributed by atoms with E-state index in [9.17, 15) is 9.18 Å². The highest BCUT2D eigenvalue weighted by Gasteiger charge is 2.37. The maximum atomic E-state index is 13.2. The van der Waals surface area contributed by atoms with Crippen LogP contribution in [-0.4, -0.2) is 12.1 Å². The third-order valence-corrected chi connectivity index (χ3v) is 3.28. The van der Waals surface area contributed by atoms with Gasteiger partial charge in [0.2, 0.25) is 0 Å². The van der Waals surface area contributed by atoms with Crippen molar-refractivity contribution < 1.29 is 13.9 Å². The highest BCUT2D eigenvalue weighted by Crippen LogP contribution is 2.35. The lowest BCUT2D eigenvalue weighted by Crippen LogP contribution is -2.26. The van der Waals surface area contributed by atoms with E-state index in [0.29, 0.717) is 0 Å². The lowest BCUT2D eigenvalue weighted by molar-refractivity contribution is 0.131. The molecule has 0 saturated carbocycles. The molecule has 1 aliphatic heterocycles. The average Bonchev–Trinajstić information content (AvgIpc) is 2.54. The SMILES string of the molecule is O=C1NC2CCCc3ccc(F)cc3C2O1. The molecule has 2 unspecified atom stereocenters. The van der Waals surface area contributed by atoms with Crippen molar-refractivity contribution >= 4 is 6.09 Å². The topological polar surface area (TPSA) is 38.3 Å². The zero-order chi connectivity index (χ0) is 11.1. The first kappa shape index (κ1) is 9.63. The Balaban J connectivity index is 2.07. The van der Waals surface area contributed by atoms with E-state index < -0.39 is 6.09 Å². The van der Waals surface area contributed by atoms with Crippen molar-refractivity contribution in [2.75, 3.05) is 0 Å². The standard InChI is InChI=1S/C12H12FNO2/c13-8-5-4-7-2-1-3-10-11(9(7)6-8)16-12(15)14-10/h4-6,10-11H,1-3H2,(H,14,15). The van der Waals surface area contributed by atoms with Gasteiger partial charge >= 0.3 is 6.09 Å². The largest absolute Gasteiger partial charge is 0.439 e. The molecule has 0 aromatic heterocycles. The van der Waals surface area contributed by atoms with Crippen LogP contribution < -0.4 is 5.32 Å². The summed E-state index contributed by atoms with van der Waals surface area (Å²) in [7, 11) is 0. The Morgan fingerprint density at radius 2 is 2.31 bits per heavy atom. The second-order valence-electron chi connectivity index (χ2n) is 4.31. The summed E-state index contributed by atoms with van der Waals surface area (Å²) in [6, 6.07) is 4.73. The Labute approximate surface area is 92.6 Å². The van der Waals surface area contributed by atoms with Gasteiger partial charge in [-0.15, -0.1) is 0 Å². The zero-order valence-electron chi connectivity index (χ0n) is 8.70. The molecule has 1 aromatic rings. The number of halogens is 1. The smallest absolute Gasteiger partial charge is 0.408 e. The van der Waals surface area contributed by atoms with Gasteiger partial charge < -0.3 is 10.1 Å². The summed E-state index contributed by atoms with van der Waals surface area (Å²) in [5.41, 5.74) is 1.91. The number of alkyl carbamates (subject to hydrolysis) is 1. The number of rotatable bonds is 0. The summed E-state index contributed by atoms with van der Waals surface area (Å²) < 4.78 is 18.4. The van der Waals surface area contributed by atoms with Gasteiger partial charge in [0.05, 0.1) is 6.04 Å². The summed E-state index contributed by atoms with van der Waals surface area (Å²) in [4.78, 5) is 11.2. The van der Waals surface area contributed by atoms with Crippen LogP contribution in [0, 0.1) is 5.82 Å². The second-order valence-corrected chi connectivity index (χ2v) is 4.31. The van der Waals surface area contributed by atoms with E-state index in [1.165, 1.54) is 12.1 Å². The number of hydrogen-bond acceptors (Lipinski definition) is 2. The van der Waals surface area contributed by atoms with E-state index in [4.69, 9.17) is 4.74 Å². The third kappa shape index (κ3) is 1.45. The molecule has 3 nitrogen and oxygen atoms in total. The Morgan fingerprint density at radius 3 is 3.19 bits per heavy atom. The predicted molar refractivity (Wildman–Crippen MR) is 55.5 cm³/mol. The van der Waals surface area contributed by atoms with Gasteiger partial charge in [-0.1, -0.05) is 6.07 Å². The first-order chi connectivity index (χ1) is 7.74. The van der Waals surface area contributed by atoms with Gasteiger partial charge in [-0.25, -0.2) is 9.18 Å². The van der Waals surface area contributed by atoms with E-state index >= 15 is 0 Å². The molecule has 1 aliphatic carbocycles. The van der Waals surface area contributed by atoms with Crippen molar-refractivity contribution in [1.29, 1.82) is 0 Å². The fourth-order valence-electron chi connectivity index (χ4n) is 2.53. The van der Waals surface area contributed by atoms with Crippen LogP contribution in [0.5, 0.6) is 0 Å². The van der Waals surface area contributed by atoms with Gasteiger partial charge in [-0.3, -0.25) is 0 Å². The van der Waals surface area contributed by atoms with Crippen LogP contribution in [0.3, 0.4) is 0 Å². The van der Waals surface area contributed by atoms with Crippen LogP contribution in [0.4, 0.5) is 9.18 Å². The monoisotopic (exact) mass is 221 g/mol. The molecule has 2 atom stereocenters. The van der Waals surface area contributed by atoms with E-state index in [2.05, 4.69) is 5.32 Å². The molecule has 1 heterocycles. The molecule has 1 fully saturated rings. The van der Waals surface area contributed by atoms with Crippen LogP contribution in [-0.2, 0) is 11.2 Å². The molecule has 84 valence electrons. The molecule has 0 bridgehead atoms. The third-order valence-electron chi connectivity index (χ3n) is 3.28. The van der Waals surface area contributed by atoms with Crippen LogP contribution in [0.25, 0.3) is 0 Å². The van der Waals surface area contributed by atoms with Gasteiger partial charge in [0, 0.05) is 5.56 Å². The van der Waals surface area contributed by atoms with Gasteiger partial charge in [0.25, 0.3) is 0 Å². The molecule has 2 aliphatic rings. The van der Waals surface area contributed by atoms with Crippen LogP contribution in [0.15, 0.2) is 18.2 Å². The number of aryl methyl sites for hydroxylation is 1. The second kappa shape index (κ2) is 3.47. The van der Waals surface area contributed by atoms with Crippen LogP contribution in [0.2, 0.25) is 0 Å². The van der Waals surface area contributed by atoms with Crippen LogP contribution in [0.1, 0.15) is 30.1 Å². The lowest BCUT2D eigenvalue weighted by Gasteiger charge is -2.15. The van der Waals surface area contributed by atoms with Crippen molar-refractivity contribution in [1.82, 2.24) is 5.32 Å². The molecule has 3 rings (SSSR count). The number of carbonyl (C=O) groups excluding carboxylic acids is 1. The fraction of sp³-hybridized carbons (Fsp3) is 0.417. The van der Waals surface area contributed by atoms with Crippen molar-refractivity contribution in [3.63, 3.8) is 0 Å². The first-order valence-corrected chi connectivity index (χ1v) is 5.49. The predicted octanol–water partition coefficient (Wildman–Crippen LogP) is 2.31. The van der Waals surface area contributed by atoms with Crippen molar-refractivity contribution in [3.8, 4) is 0 Å².